The van der Waals surface area contributed by atoms with Gasteiger partial charge in [0.1, 0.15) is 0 Å². The van der Waals surface area contributed by atoms with Crippen molar-refractivity contribution < 1.29 is 8.42 Å². The highest BCUT2D eigenvalue weighted by atomic mass is 35.5. The van der Waals surface area contributed by atoms with Crippen molar-refractivity contribution in [3.05, 3.63) is 0 Å². The van der Waals surface area contributed by atoms with Crippen LogP contribution in [-0.2, 0) is 10.2 Å². The van der Waals surface area contributed by atoms with Crippen molar-refractivity contribution in [1.29, 1.82) is 0 Å². The summed E-state index contributed by atoms with van der Waals surface area (Å²) in [6.45, 7) is 0.654. The van der Waals surface area contributed by atoms with E-state index < -0.39 is 10.2 Å². The molecule has 0 aliphatic heterocycles. The molecule has 0 aromatic carbocycles. The second kappa shape index (κ2) is 6.52. The highest BCUT2D eigenvalue weighted by Gasteiger charge is 2.30. The fourth-order valence-corrected chi connectivity index (χ4v) is 3.54. The van der Waals surface area contributed by atoms with E-state index >= 15 is 0 Å². The lowest BCUT2D eigenvalue weighted by atomic mass is 9.93. The number of hydrogen-bond acceptors (Lipinski definition) is 3. The Hall–Kier alpha value is 0.120. The molecule has 0 amide bonds. The Morgan fingerprint density at radius 1 is 1.17 bits per heavy atom. The first-order valence-electron chi connectivity index (χ1n) is 6.46. The maximum Gasteiger partial charge on any atom is 0.279 e. The van der Waals surface area contributed by atoms with E-state index in [4.69, 9.17) is 5.73 Å². The summed E-state index contributed by atoms with van der Waals surface area (Å²) in [5, 5.41) is 0. The van der Waals surface area contributed by atoms with Crippen molar-refractivity contribution in [3.8, 4) is 0 Å². The average molecular weight is 298 g/mol. The van der Waals surface area contributed by atoms with E-state index in [1.165, 1.54) is 4.31 Å². The fourth-order valence-electron chi connectivity index (χ4n) is 2.30. The molecule has 0 aromatic heterocycles. The van der Waals surface area contributed by atoms with Crippen molar-refractivity contribution in [2.75, 3.05) is 13.6 Å². The van der Waals surface area contributed by atoms with E-state index in [0.717, 1.165) is 38.5 Å². The first-order chi connectivity index (χ1) is 7.97. The minimum atomic E-state index is -3.29. The van der Waals surface area contributed by atoms with Crippen LogP contribution in [-0.4, -0.2) is 38.4 Å². The molecule has 7 heteroatoms. The lowest BCUT2D eigenvalue weighted by Crippen LogP contribution is -2.46. The van der Waals surface area contributed by atoms with Crippen LogP contribution in [0.15, 0.2) is 0 Å². The zero-order valence-electron chi connectivity index (χ0n) is 10.8. The van der Waals surface area contributed by atoms with Crippen molar-refractivity contribution in [3.63, 3.8) is 0 Å². The second-order valence-electron chi connectivity index (χ2n) is 5.46. The van der Waals surface area contributed by atoms with Gasteiger partial charge >= 0.3 is 0 Å². The number of hydrogen-bond donors (Lipinski definition) is 2. The predicted octanol–water partition coefficient (Wildman–Crippen LogP) is 0.854. The van der Waals surface area contributed by atoms with Crippen molar-refractivity contribution >= 4 is 22.6 Å². The Labute approximate surface area is 116 Å². The molecule has 108 valence electrons. The molecule has 0 bridgehead atoms. The molecular formula is C11H24ClN3O2S. The number of nitrogens with one attached hydrogen (secondary N) is 1. The van der Waals surface area contributed by atoms with Crippen LogP contribution in [0.5, 0.6) is 0 Å². The molecule has 2 saturated carbocycles. The molecule has 0 atom stereocenters. The molecule has 5 nitrogen and oxygen atoms in total. The second-order valence-corrected chi connectivity index (χ2v) is 7.27. The summed E-state index contributed by atoms with van der Waals surface area (Å²) >= 11 is 0. The molecule has 0 aromatic rings. The Morgan fingerprint density at radius 2 is 1.72 bits per heavy atom. The van der Waals surface area contributed by atoms with E-state index in [9.17, 15) is 8.42 Å². The van der Waals surface area contributed by atoms with Crippen LogP contribution >= 0.6 is 12.4 Å². The molecule has 3 N–H and O–H groups in total. The topological polar surface area (TPSA) is 75.4 Å². The molecule has 18 heavy (non-hydrogen) atoms. The minimum absolute atomic E-state index is 0. The maximum absolute atomic E-state index is 12.0. The summed E-state index contributed by atoms with van der Waals surface area (Å²) in [7, 11) is -1.63. The van der Waals surface area contributed by atoms with Gasteiger partial charge in [-0.3, -0.25) is 0 Å². The molecule has 0 heterocycles. The van der Waals surface area contributed by atoms with E-state index in [0.29, 0.717) is 12.5 Å². The summed E-state index contributed by atoms with van der Waals surface area (Å²) in [5.74, 6) is 0.580. The van der Waals surface area contributed by atoms with Gasteiger partial charge in [0.15, 0.2) is 0 Å². The largest absolute Gasteiger partial charge is 0.328 e. The van der Waals surface area contributed by atoms with Crippen molar-refractivity contribution in [2.24, 2.45) is 11.7 Å². The third-order valence-corrected chi connectivity index (χ3v) is 5.31. The van der Waals surface area contributed by atoms with Crippen molar-refractivity contribution in [2.45, 2.75) is 50.6 Å². The molecule has 2 fully saturated rings. The van der Waals surface area contributed by atoms with Gasteiger partial charge in [0.2, 0.25) is 0 Å². The summed E-state index contributed by atoms with van der Waals surface area (Å²) in [4.78, 5) is 0. The van der Waals surface area contributed by atoms with E-state index in [1.54, 1.807) is 7.05 Å². The average Bonchev–Trinajstić information content (AvgIpc) is 3.05. The normalized spacial score (nSPS) is 29.1. The number of halogens is 1. The molecule has 2 rings (SSSR count). The monoisotopic (exact) mass is 297 g/mol. The van der Waals surface area contributed by atoms with Crippen LogP contribution in [0.4, 0.5) is 0 Å². The van der Waals surface area contributed by atoms with Gasteiger partial charge in [-0.1, -0.05) is 0 Å². The Balaban J connectivity index is 0.00000162. The molecule has 2 aliphatic rings. The SMILES string of the molecule is CN(CC1CC1)S(=O)(=O)NC1CCC(N)CC1.Cl. The van der Waals surface area contributed by atoms with E-state index in [2.05, 4.69) is 4.72 Å². The molecule has 0 radical (unpaired) electrons. The number of rotatable bonds is 5. The van der Waals surface area contributed by atoms with Gasteiger partial charge < -0.3 is 5.73 Å². The molecule has 2 aliphatic carbocycles. The third-order valence-electron chi connectivity index (χ3n) is 3.71. The van der Waals surface area contributed by atoms with Crippen LogP contribution < -0.4 is 10.5 Å². The van der Waals surface area contributed by atoms with Crippen LogP contribution in [0.25, 0.3) is 0 Å². The highest BCUT2D eigenvalue weighted by molar-refractivity contribution is 7.87. The van der Waals surface area contributed by atoms with Gasteiger partial charge in [0.25, 0.3) is 10.2 Å². The molecule has 0 spiro atoms. The minimum Gasteiger partial charge on any atom is -0.328 e. The van der Waals surface area contributed by atoms with Gasteiger partial charge in [0.05, 0.1) is 0 Å². The lowest BCUT2D eigenvalue weighted by molar-refractivity contribution is 0.360. The Bertz CT molecular complexity index is 351. The zero-order valence-corrected chi connectivity index (χ0v) is 12.5. The van der Waals surface area contributed by atoms with Gasteiger partial charge in [-0.05, 0) is 44.4 Å². The van der Waals surface area contributed by atoms with Crippen LogP contribution in [0.1, 0.15) is 38.5 Å². The predicted molar refractivity (Wildman–Crippen MR) is 74.9 cm³/mol. The summed E-state index contributed by atoms with van der Waals surface area (Å²) < 4.78 is 28.3. The van der Waals surface area contributed by atoms with Gasteiger partial charge in [-0.2, -0.15) is 17.4 Å². The van der Waals surface area contributed by atoms with Crippen LogP contribution in [0.2, 0.25) is 0 Å². The number of nitrogens with zero attached hydrogens (tertiary/aromatic N) is 1. The third kappa shape index (κ3) is 4.66. The highest BCUT2D eigenvalue weighted by Crippen LogP contribution is 2.30. The summed E-state index contributed by atoms with van der Waals surface area (Å²) in [6.07, 6.45) is 5.88. The van der Waals surface area contributed by atoms with Crippen LogP contribution in [0, 0.1) is 5.92 Å². The summed E-state index contributed by atoms with van der Waals surface area (Å²) in [5.41, 5.74) is 5.81. The number of nitrogens with two attached hydrogens (primary N) is 1. The van der Waals surface area contributed by atoms with E-state index in [1.807, 2.05) is 0 Å². The first-order valence-corrected chi connectivity index (χ1v) is 7.90. The maximum atomic E-state index is 12.0. The zero-order chi connectivity index (χ0) is 12.5. The Morgan fingerprint density at radius 3 is 2.22 bits per heavy atom. The molecule has 0 unspecified atom stereocenters. The quantitative estimate of drug-likeness (QED) is 0.790. The van der Waals surface area contributed by atoms with Gasteiger partial charge in [0, 0.05) is 25.7 Å². The fraction of sp³-hybridized carbons (Fsp3) is 1.00. The van der Waals surface area contributed by atoms with Crippen LogP contribution in [0.3, 0.4) is 0 Å². The molecule has 0 saturated heterocycles. The summed E-state index contributed by atoms with van der Waals surface area (Å²) in [6, 6.07) is 0.321. The Kier molecular flexibility index (Phi) is 5.86. The van der Waals surface area contributed by atoms with Gasteiger partial charge in [-0.15, -0.1) is 12.4 Å². The van der Waals surface area contributed by atoms with E-state index in [-0.39, 0.29) is 24.5 Å². The van der Waals surface area contributed by atoms with Gasteiger partial charge in [-0.25, -0.2) is 0 Å². The lowest BCUT2D eigenvalue weighted by Gasteiger charge is -2.28. The first kappa shape index (κ1) is 16.2. The van der Waals surface area contributed by atoms with Crippen molar-refractivity contribution in [1.82, 2.24) is 9.03 Å². The molecular weight excluding hydrogens is 274 g/mol. The smallest absolute Gasteiger partial charge is 0.279 e. The standard InChI is InChI=1S/C11H23N3O2S.ClH/c1-14(8-9-2-3-9)17(15,16)13-11-6-4-10(12)5-7-11;/h9-11,13H,2-8,12H2,1H3;1H.